The molecule has 0 aromatic heterocycles. The number of nitrogens with two attached hydrogens (primary N) is 1. The predicted octanol–water partition coefficient (Wildman–Crippen LogP) is 1.81. The Balaban J connectivity index is 2.26. The van der Waals surface area contributed by atoms with Crippen molar-refractivity contribution in [1.82, 2.24) is 4.90 Å². The van der Waals surface area contributed by atoms with E-state index in [0.717, 1.165) is 36.8 Å². The highest BCUT2D eigenvalue weighted by Crippen LogP contribution is 2.31. The molecule has 2 rings (SSSR count). The Hall–Kier alpha value is -1.42. The van der Waals surface area contributed by atoms with Gasteiger partial charge in [0.1, 0.15) is 5.75 Å². The minimum absolute atomic E-state index is 0.160. The lowest BCUT2D eigenvalue weighted by molar-refractivity contribution is 0.139. The second-order valence-corrected chi connectivity index (χ2v) is 5.58. The predicted molar refractivity (Wildman–Crippen MR) is 76.3 cm³/mol. The van der Waals surface area contributed by atoms with Gasteiger partial charge in [-0.2, -0.15) is 0 Å². The van der Waals surface area contributed by atoms with Gasteiger partial charge >= 0.3 is 0 Å². The maximum absolute atomic E-state index is 6.09. The van der Waals surface area contributed by atoms with Crippen LogP contribution in [0.1, 0.15) is 13.8 Å². The maximum atomic E-state index is 6.09. The molecule has 4 nitrogen and oxygen atoms in total. The fraction of sp³-hybridized carbons (Fsp3) is 0.571. The van der Waals surface area contributed by atoms with Crippen molar-refractivity contribution in [1.29, 1.82) is 0 Å². The number of benzene rings is 1. The van der Waals surface area contributed by atoms with Gasteiger partial charge in [-0.1, -0.05) is 0 Å². The third-order valence-corrected chi connectivity index (χ3v) is 3.89. The molecule has 1 heterocycles. The number of hydrogen-bond donors (Lipinski definition) is 1. The van der Waals surface area contributed by atoms with Crippen LogP contribution >= 0.6 is 0 Å². The van der Waals surface area contributed by atoms with Crippen LogP contribution in [0.15, 0.2) is 18.2 Å². The van der Waals surface area contributed by atoms with Crippen LogP contribution in [-0.4, -0.2) is 44.2 Å². The standard InChI is InChI=1S/C14H23N3O/c1-14(2)10-17(8-7-16(14)3)13-9-11(18-4)5-6-12(13)15/h5-6,9H,7-8,10,15H2,1-4H3. The van der Waals surface area contributed by atoms with E-state index in [9.17, 15) is 0 Å². The first-order valence-electron chi connectivity index (χ1n) is 6.34. The van der Waals surface area contributed by atoms with Gasteiger partial charge in [0.25, 0.3) is 0 Å². The van der Waals surface area contributed by atoms with Crippen molar-refractivity contribution in [3.05, 3.63) is 18.2 Å². The van der Waals surface area contributed by atoms with Crippen molar-refractivity contribution < 1.29 is 4.74 Å². The zero-order valence-corrected chi connectivity index (χ0v) is 11.7. The third kappa shape index (κ3) is 2.38. The van der Waals surface area contributed by atoms with Gasteiger partial charge in [0, 0.05) is 31.2 Å². The Labute approximate surface area is 109 Å². The van der Waals surface area contributed by atoms with Gasteiger partial charge in [-0.3, -0.25) is 4.90 Å². The van der Waals surface area contributed by atoms with Gasteiger partial charge in [0.2, 0.25) is 0 Å². The molecule has 0 saturated carbocycles. The van der Waals surface area contributed by atoms with E-state index in [4.69, 9.17) is 10.5 Å². The average molecular weight is 249 g/mol. The number of ether oxygens (including phenoxy) is 1. The number of anilines is 2. The monoisotopic (exact) mass is 249 g/mol. The van der Waals surface area contributed by atoms with Crippen molar-refractivity contribution in [2.45, 2.75) is 19.4 Å². The van der Waals surface area contributed by atoms with Gasteiger partial charge in [-0.15, -0.1) is 0 Å². The quantitative estimate of drug-likeness (QED) is 0.812. The van der Waals surface area contributed by atoms with Gasteiger partial charge in [-0.25, -0.2) is 0 Å². The first kappa shape index (κ1) is 13.0. The minimum Gasteiger partial charge on any atom is -0.497 e. The van der Waals surface area contributed by atoms with Crippen molar-refractivity contribution in [3.8, 4) is 5.75 Å². The van der Waals surface area contributed by atoms with Crippen LogP contribution in [0, 0.1) is 0 Å². The molecule has 0 radical (unpaired) electrons. The summed E-state index contributed by atoms with van der Waals surface area (Å²) < 4.78 is 5.28. The summed E-state index contributed by atoms with van der Waals surface area (Å²) >= 11 is 0. The summed E-state index contributed by atoms with van der Waals surface area (Å²) in [6, 6.07) is 5.84. The molecule has 0 atom stereocenters. The molecule has 4 heteroatoms. The van der Waals surface area contributed by atoms with Crippen molar-refractivity contribution >= 4 is 11.4 Å². The largest absolute Gasteiger partial charge is 0.497 e. The minimum atomic E-state index is 0.160. The summed E-state index contributed by atoms with van der Waals surface area (Å²) in [7, 11) is 3.86. The van der Waals surface area contributed by atoms with Crippen molar-refractivity contribution in [3.63, 3.8) is 0 Å². The first-order chi connectivity index (χ1) is 8.44. The molecule has 0 aliphatic carbocycles. The Morgan fingerprint density at radius 1 is 1.28 bits per heavy atom. The van der Waals surface area contributed by atoms with Crippen LogP contribution in [-0.2, 0) is 0 Å². The molecule has 18 heavy (non-hydrogen) atoms. The Kier molecular flexibility index (Phi) is 3.39. The molecule has 0 unspecified atom stereocenters. The van der Waals surface area contributed by atoms with Crippen LogP contribution in [0.5, 0.6) is 5.75 Å². The molecular formula is C14H23N3O. The topological polar surface area (TPSA) is 41.7 Å². The second kappa shape index (κ2) is 4.69. The molecule has 1 aromatic carbocycles. The van der Waals surface area contributed by atoms with Crippen molar-refractivity contribution in [2.75, 3.05) is 44.4 Å². The number of nitrogen functional groups attached to an aromatic ring is 1. The summed E-state index contributed by atoms with van der Waals surface area (Å²) in [5.74, 6) is 0.857. The average Bonchev–Trinajstić information content (AvgIpc) is 2.33. The number of piperazine rings is 1. The van der Waals surface area contributed by atoms with E-state index in [1.54, 1.807) is 7.11 Å². The van der Waals surface area contributed by atoms with Gasteiger partial charge in [-0.05, 0) is 33.0 Å². The third-order valence-electron chi connectivity index (χ3n) is 3.89. The van der Waals surface area contributed by atoms with Gasteiger partial charge in [0.15, 0.2) is 0 Å². The van der Waals surface area contributed by atoms with Gasteiger partial charge < -0.3 is 15.4 Å². The Morgan fingerprint density at radius 3 is 2.61 bits per heavy atom. The number of rotatable bonds is 2. The normalized spacial score (nSPS) is 19.9. The van der Waals surface area contributed by atoms with E-state index in [0.29, 0.717) is 0 Å². The van der Waals surface area contributed by atoms with Crippen LogP contribution < -0.4 is 15.4 Å². The van der Waals surface area contributed by atoms with E-state index < -0.39 is 0 Å². The smallest absolute Gasteiger partial charge is 0.121 e. The highest BCUT2D eigenvalue weighted by Gasteiger charge is 2.31. The molecule has 0 amide bonds. The van der Waals surface area contributed by atoms with Crippen LogP contribution in [0.4, 0.5) is 11.4 Å². The number of methoxy groups -OCH3 is 1. The van der Waals surface area contributed by atoms with Crippen LogP contribution in [0.2, 0.25) is 0 Å². The number of nitrogens with zero attached hydrogens (tertiary/aromatic N) is 2. The van der Waals surface area contributed by atoms with E-state index in [-0.39, 0.29) is 5.54 Å². The highest BCUT2D eigenvalue weighted by atomic mass is 16.5. The molecule has 1 aromatic rings. The molecule has 1 aliphatic rings. The number of hydrogen-bond acceptors (Lipinski definition) is 4. The molecule has 1 saturated heterocycles. The maximum Gasteiger partial charge on any atom is 0.121 e. The zero-order chi connectivity index (χ0) is 13.3. The van der Waals surface area contributed by atoms with Crippen LogP contribution in [0.25, 0.3) is 0 Å². The fourth-order valence-electron chi connectivity index (χ4n) is 2.37. The fourth-order valence-corrected chi connectivity index (χ4v) is 2.37. The van der Waals surface area contributed by atoms with E-state index >= 15 is 0 Å². The summed E-state index contributed by atoms with van der Waals surface area (Å²) in [5.41, 5.74) is 8.14. The molecule has 100 valence electrons. The summed E-state index contributed by atoms with van der Waals surface area (Å²) in [6.45, 7) is 7.53. The summed E-state index contributed by atoms with van der Waals surface area (Å²) in [5, 5.41) is 0. The molecular weight excluding hydrogens is 226 g/mol. The number of likely N-dealkylation sites (N-methyl/N-ethyl adjacent to an activating group) is 1. The Bertz CT molecular complexity index is 431. The molecule has 1 fully saturated rings. The Morgan fingerprint density at radius 2 is 2.00 bits per heavy atom. The van der Waals surface area contributed by atoms with E-state index in [1.165, 1.54) is 0 Å². The SMILES string of the molecule is COc1ccc(N)c(N2CCN(C)C(C)(C)C2)c1. The summed E-state index contributed by atoms with van der Waals surface area (Å²) in [4.78, 5) is 4.73. The van der Waals surface area contributed by atoms with Crippen molar-refractivity contribution in [2.24, 2.45) is 0 Å². The lowest BCUT2D eigenvalue weighted by Gasteiger charge is -2.46. The second-order valence-electron chi connectivity index (χ2n) is 5.58. The zero-order valence-electron chi connectivity index (χ0n) is 11.7. The highest BCUT2D eigenvalue weighted by molar-refractivity contribution is 5.70. The van der Waals surface area contributed by atoms with E-state index in [2.05, 4.69) is 30.7 Å². The lowest BCUT2D eigenvalue weighted by Crippen LogP contribution is -2.57. The first-order valence-corrected chi connectivity index (χ1v) is 6.34. The molecule has 1 aliphatic heterocycles. The summed E-state index contributed by atoms with van der Waals surface area (Å²) in [6.07, 6.45) is 0. The van der Waals surface area contributed by atoms with Gasteiger partial charge in [0.05, 0.1) is 18.5 Å². The van der Waals surface area contributed by atoms with Crippen LogP contribution in [0.3, 0.4) is 0 Å². The molecule has 0 bridgehead atoms. The molecule has 0 spiro atoms. The lowest BCUT2D eigenvalue weighted by atomic mass is 9.99. The van der Waals surface area contributed by atoms with E-state index in [1.807, 2.05) is 18.2 Å². The molecule has 2 N–H and O–H groups in total.